The number of benzene rings is 1. The molecule has 0 amide bonds. The van der Waals surface area contributed by atoms with Gasteiger partial charge in [-0.1, -0.05) is 36.7 Å². The number of unbranched alkanes of at least 4 members (excludes halogenated alkanes) is 2. The summed E-state index contributed by atoms with van der Waals surface area (Å²) in [4.78, 5) is 14.1. The summed E-state index contributed by atoms with van der Waals surface area (Å²) in [7, 11) is 1.56. The first-order chi connectivity index (χ1) is 12.3. The average molecular weight is 339 g/mol. The van der Waals surface area contributed by atoms with Gasteiger partial charge in [0.25, 0.3) is 0 Å². The number of nitrogen functional groups attached to an aromatic ring is 1. The van der Waals surface area contributed by atoms with Gasteiger partial charge in [-0.25, -0.2) is 9.97 Å². The molecule has 0 bridgehead atoms. The molecule has 3 aromatic rings. The minimum atomic E-state index is 0.506. The minimum absolute atomic E-state index is 0.506. The summed E-state index contributed by atoms with van der Waals surface area (Å²) in [6.45, 7) is 3.07. The van der Waals surface area contributed by atoms with Gasteiger partial charge >= 0.3 is 0 Å². The van der Waals surface area contributed by atoms with Crippen molar-refractivity contribution in [3.8, 4) is 0 Å². The van der Waals surface area contributed by atoms with Crippen molar-refractivity contribution in [2.24, 2.45) is 5.16 Å². The molecule has 2 heterocycles. The zero-order valence-electron chi connectivity index (χ0n) is 14.9. The van der Waals surface area contributed by atoms with Gasteiger partial charge < -0.3 is 15.1 Å². The lowest BCUT2D eigenvalue weighted by Crippen LogP contribution is -2.05. The molecule has 3 rings (SSSR count). The summed E-state index contributed by atoms with van der Waals surface area (Å²) in [5, 5.41) is 4.91. The molecule has 0 aliphatic rings. The Kier molecular flexibility index (Phi) is 5.48. The molecule has 0 fully saturated rings. The number of nitrogens with zero attached hydrogens (tertiary/aromatic N) is 4. The van der Waals surface area contributed by atoms with Gasteiger partial charge in [0.2, 0.25) is 0 Å². The predicted octanol–water partition coefficient (Wildman–Crippen LogP) is 3.92. The number of hydrogen-bond donors (Lipinski definition) is 1. The van der Waals surface area contributed by atoms with E-state index in [4.69, 9.17) is 15.6 Å². The molecule has 0 aliphatic heterocycles. The van der Waals surface area contributed by atoms with Gasteiger partial charge in [0.1, 0.15) is 18.5 Å². The molecule has 1 aromatic carbocycles. The molecule has 25 heavy (non-hydrogen) atoms. The van der Waals surface area contributed by atoms with Crippen molar-refractivity contribution >= 4 is 34.0 Å². The van der Waals surface area contributed by atoms with Crippen LogP contribution in [0.5, 0.6) is 0 Å². The molecular weight excluding hydrogens is 314 g/mol. The van der Waals surface area contributed by atoms with Crippen LogP contribution in [0.2, 0.25) is 0 Å². The highest BCUT2D eigenvalue weighted by atomic mass is 16.6. The fraction of sp³-hybridized carbons (Fsp3) is 0.421. The van der Waals surface area contributed by atoms with Crippen molar-refractivity contribution in [3.05, 3.63) is 30.1 Å². The lowest BCUT2D eigenvalue weighted by atomic mass is 10.2. The molecule has 0 spiro atoms. The summed E-state index contributed by atoms with van der Waals surface area (Å²) in [6, 6.07) is 8.12. The van der Waals surface area contributed by atoms with Crippen LogP contribution in [0.4, 0.5) is 5.82 Å². The first kappa shape index (κ1) is 17.2. The second-order valence-corrected chi connectivity index (χ2v) is 6.11. The molecule has 6 heteroatoms. The van der Waals surface area contributed by atoms with Crippen LogP contribution in [0.25, 0.3) is 21.9 Å². The predicted molar refractivity (Wildman–Crippen MR) is 103 cm³/mol. The van der Waals surface area contributed by atoms with E-state index in [1.807, 2.05) is 18.2 Å². The largest absolute Gasteiger partial charge is 0.399 e. The maximum absolute atomic E-state index is 6.20. The molecule has 0 aliphatic carbocycles. The number of pyridine rings is 1. The van der Waals surface area contributed by atoms with Crippen LogP contribution in [0, 0.1) is 0 Å². The number of imidazole rings is 1. The average Bonchev–Trinajstić information content (AvgIpc) is 2.99. The van der Waals surface area contributed by atoms with Gasteiger partial charge in [0, 0.05) is 24.6 Å². The lowest BCUT2D eigenvalue weighted by Gasteiger charge is -2.10. The van der Waals surface area contributed by atoms with Crippen molar-refractivity contribution in [2.75, 3.05) is 12.8 Å². The molecule has 0 saturated heterocycles. The SMILES string of the molecule is CCCCc1nc2c(N)nc3ccccc3c2n1CCC/C=N/OC. The maximum atomic E-state index is 6.20. The van der Waals surface area contributed by atoms with Crippen molar-refractivity contribution < 1.29 is 4.84 Å². The van der Waals surface area contributed by atoms with Crippen LogP contribution in [0.15, 0.2) is 29.4 Å². The number of anilines is 1. The first-order valence-corrected chi connectivity index (χ1v) is 8.84. The van der Waals surface area contributed by atoms with Crippen LogP contribution in [-0.4, -0.2) is 27.9 Å². The van der Waals surface area contributed by atoms with Crippen molar-refractivity contribution in [1.82, 2.24) is 14.5 Å². The first-order valence-electron chi connectivity index (χ1n) is 8.84. The molecule has 2 N–H and O–H groups in total. The van der Waals surface area contributed by atoms with E-state index in [0.29, 0.717) is 5.82 Å². The summed E-state index contributed by atoms with van der Waals surface area (Å²) in [5.41, 5.74) is 9.03. The summed E-state index contributed by atoms with van der Waals surface area (Å²) in [6.07, 6.45) is 6.83. The third kappa shape index (κ3) is 3.57. The molecule has 132 valence electrons. The van der Waals surface area contributed by atoms with E-state index in [0.717, 1.165) is 66.4 Å². The quantitative estimate of drug-likeness (QED) is 0.383. The normalized spacial score (nSPS) is 11.8. The van der Waals surface area contributed by atoms with Gasteiger partial charge in [-0.15, -0.1) is 0 Å². The highest BCUT2D eigenvalue weighted by Gasteiger charge is 2.16. The molecule has 6 nitrogen and oxygen atoms in total. The summed E-state index contributed by atoms with van der Waals surface area (Å²) >= 11 is 0. The van der Waals surface area contributed by atoms with Crippen LogP contribution < -0.4 is 5.73 Å². The summed E-state index contributed by atoms with van der Waals surface area (Å²) < 4.78 is 2.31. The van der Waals surface area contributed by atoms with Crippen LogP contribution in [0.3, 0.4) is 0 Å². The highest BCUT2D eigenvalue weighted by molar-refractivity contribution is 6.06. The van der Waals surface area contributed by atoms with Crippen molar-refractivity contribution in [2.45, 2.75) is 45.6 Å². The van der Waals surface area contributed by atoms with Gasteiger partial charge in [-0.2, -0.15) is 0 Å². The lowest BCUT2D eigenvalue weighted by molar-refractivity contribution is 0.214. The Labute approximate surface area is 147 Å². The third-order valence-corrected chi connectivity index (χ3v) is 4.34. The zero-order chi connectivity index (χ0) is 17.6. The molecule has 0 radical (unpaired) electrons. The number of para-hydroxylation sites is 1. The number of aromatic nitrogens is 3. The topological polar surface area (TPSA) is 78.3 Å². The molecule has 0 unspecified atom stereocenters. The van der Waals surface area contributed by atoms with Crippen molar-refractivity contribution in [3.63, 3.8) is 0 Å². The second-order valence-electron chi connectivity index (χ2n) is 6.11. The van der Waals surface area contributed by atoms with Gasteiger partial charge in [0.15, 0.2) is 5.82 Å². The van der Waals surface area contributed by atoms with E-state index in [9.17, 15) is 0 Å². The molecular formula is C19H25N5O. The van der Waals surface area contributed by atoms with E-state index in [1.54, 1.807) is 13.3 Å². The van der Waals surface area contributed by atoms with Gasteiger partial charge in [-0.3, -0.25) is 0 Å². The fourth-order valence-corrected chi connectivity index (χ4v) is 3.14. The van der Waals surface area contributed by atoms with Crippen LogP contribution >= 0.6 is 0 Å². The Morgan fingerprint density at radius 1 is 1.24 bits per heavy atom. The molecule has 0 saturated carbocycles. The standard InChI is InChI=1S/C19H25N5O/c1-3-4-11-16-23-17-18(24(16)13-8-7-12-21-25-2)14-9-5-6-10-15(14)22-19(17)20/h5-6,9-10,12H,3-4,7-8,11,13H2,1-2H3,(H2,20,22)/b21-12+. The number of oxime groups is 1. The van der Waals surface area contributed by atoms with Crippen LogP contribution in [0.1, 0.15) is 38.4 Å². The number of nitrogens with two attached hydrogens (primary N) is 1. The summed E-state index contributed by atoms with van der Waals surface area (Å²) in [5.74, 6) is 1.59. The van der Waals surface area contributed by atoms with Gasteiger partial charge in [0.05, 0.1) is 11.0 Å². The Hall–Kier alpha value is -2.63. The second kappa shape index (κ2) is 7.96. The van der Waals surface area contributed by atoms with Gasteiger partial charge in [-0.05, 0) is 25.3 Å². The Morgan fingerprint density at radius 3 is 2.88 bits per heavy atom. The highest BCUT2D eigenvalue weighted by Crippen LogP contribution is 2.29. The fourth-order valence-electron chi connectivity index (χ4n) is 3.14. The smallest absolute Gasteiger partial charge is 0.152 e. The number of fused-ring (bicyclic) bond motifs is 3. The van der Waals surface area contributed by atoms with E-state index in [-0.39, 0.29) is 0 Å². The maximum Gasteiger partial charge on any atom is 0.152 e. The Bertz CT molecular complexity index is 884. The zero-order valence-corrected chi connectivity index (χ0v) is 14.9. The molecule has 2 aromatic heterocycles. The molecule has 0 atom stereocenters. The van der Waals surface area contributed by atoms with Crippen LogP contribution in [-0.2, 0) is 17.8 Å². The monoisotopic (exact) mass is 339 g/mol. The van der Waals surface area contributed by atoms with E-state index >= 15 is 0 Å². The van der Waals surface area contributed by atoms with E-state index in [2.05, 4.69) is 27.7 Å². The van der Waals surface area contributed by atoms with E-state index in [1.165, 1.54) is 0 Å². The Morgan fingerprint density at radius 2 is 2.08 bits per heavy atom. The number of hydrogen-bond acceptors (Lipinski definition) is 5. The minimum Gasteiger partial charge on any atom is -0.399 e. The third-order valence-electron chi connectivity index (χ3n) is 4.34. The van der Waals surface area contributed by atoms with Crippen molar-refractivity contribution in [1.29, 1.82) is 0 Å². The number of aryl methyl sites for hydroxylation is 2. The Balaban J connectivity index is 2.07. The van der Waals surface area contributed by atoms with E-state index < -0.39 is 0 Å². The number of rotatable bonds is 8.